The van der Waals surface area contributed by atoms with E-state index in [1.54, 1.807) is 0 Å². The predicted octanol–water partition coefficient (Wildman–Crippen LogP) is 4.62. The maximum Gasteiger partial charge on any atom is 0.137 e. The first kappa shape index (κ1) is 14.5. The number of anilines is 2. The molecule has 0 fully saturated rings. The fraction of sp³-hybridized carbons (Fsp3) is 0.412. The number of halogens is 1. The standard InChI is InChI=1S/C17H20BrN3/c1-17(2,3)16-19-14(18)11-15(20-16)21-10-6-8-12-7-4-5-9-13(12)21/h4-5,7,9,11H,6,8,10H2,1-3H3. The van der Waals surface area contributed by atoms with Gasteiger partial charge in [-0.3, -0.25) is 0 Å². The molecule has 0 saturated heterocycles. The van der Waals surface area contributed by atoms with Gasteiger partial charge in [-0.1, -0.05) is 39.0 Å². The van der Waals surface area contributed by atoms with Crippen LogP contribution in [-0.4, -0.2) is 16.5 Å². The minimum absolute atomic E-state index is 0.0617. The van der Waals surface area contributed by atoms with E-state index >= 15 is 0 Å². The first-order chi connectivity index (χ1) is 9.95. The van der Waals surface area contributed by atoms with Gasteiger partial charge in [0.2, 0.25) is 0 Å². The molecule has 21 heavy (non-hydrogen) atoms. The van der Waals surface area contributed by atoms with Crippen molar-refractivity contribution < 1.29 is 0 Å². The molecule has 4 heteroatoms. The summed E-state index contributed by atoms with van der Waals surface area (Å²) in [6.45, 7) is 7.43. The molecule has 0 aliphatic carbocycles. The summed E-state index contributed by atoms with van der Waals surface area (Å²) in [4.78, 5) is 11.7. The molecular weight excluding hydrogens is 326 g/mol. The largest absolute Gasteiger partial charge is 0.326 e. The van der Waals surface area contributed by atoms with Crippen LogP contribution < -0.4 is 4.90 Å². The van der Waals surface area contributed by atoms with Crippen LogP contribution in [-0.2, 0) is 11.8 Å². The van der Waals surface area contributed by atoms with E-state index < -0.39 is 0 Å². The molecular formula is C17H20BrN3. The zero-order chi connectivity index (χ0) is 15.0. The van der Waals surface area contributed by atoms with Crippen LogP contribution in [0.5, 0.6) is 0 Å². The molecule has 2 heterocycles. The Labute approximate surface area is 134 Å². The van der Waals surface area contributed by atoms with E-state index in [2.05, 4.69) is 70.9 Å². The van der Waals surface area contributed by atoms with Gasteiger partial charge in [-0.15, -0.1) is 0 Å². The smallest absolute Gasteiger partial charge is 0.137 e. The van der Waals surface area contributed by atoms with Crippen LogP contribution in [0, 0.1) is 0 Å². The summed E-state index contributed by atoms with van der Waals surface area (Å²) in [5.41, 5.74) is 2.61. The third-order valence-electron chi connectivity index (χ3n) is 3.74. The van der Waals surface area contributed by atoms with E-state index in [1.807, 2.05) is 6.07 Å². The minimum atomic E-state index is -0.0617. The molecule has 3 nitrogen and oxygen atoms in total. The maximum absolute atomic E-state index is 4.81. The molecule has 0 bridgehead atoms. The molecule has 0 atom stereocenters. The van der Waals surface area contributed by atoms with Gasteiger partial charge in [-0.2, -0.15) is 0 Å². The zero-order valence-electron chi connectivity index (χ0n) is 12.7. The Balaban J connectivity index is 2.08. The Morgan fingerprint density at radius 2 is 1.90 bits per heavy atom. The molecule has 0 N–H and O–H groups in total. The van der Waals surface area contributed by atoms with E-state index in [0.29, 0.717) is 0 Å². The lowest BCUT2D eigenvalue weighted by molar-refractivity contribution is 0.542. The van der Waals surface area contributed by atoms with Gasteiger partial charge >= 0.3 is 0 Å². The van der Waals surface area contributed by atoms with E-state index in [9.17, 15) is 0 Å². The monoisotopic (exact) mass is 345 g/mol. The number of benzene rings is 1. The Morgan fingerprint density at radius 1 is 1.14 bits per heavy atom. The van der Waals surface area contributed by atoms with Gasteiger partial charge in [0.1, 0.15) is 16.2 Å². The van der Waals surface area contributed by atoms with Crippen molar-refractivity contribution in [2.45, 2.75) is 39.0 Å². The van der Waals surface area contributed by atoms with Crippen molar-refractivity contribution in [3.05, 3.63) is 46.3 Å². The number of nitrogens with zero attached hydrogens (tertiary/aromatic N) is 3. The summed E-state index contributed by atoms with van der Waals surface area (Å²) in [6, 6.07) is 10.6. The Bertz CT molecular complexity index is 661. The number of hydrogen-bond donors (Lipinski definition) is 0. The zero-order valence-corrected chi connectivity index (χ0v) is 14.3. The number of fused-ring (bicyclic) bond motifs is 1. The van der Waals surface area contributed by atoms with Crippen molar-refractivity contribution in [1.82, 2.24) is 9.97 Å². The van der Waals surface area contributed by atoms with Crippen molar-refractivity contribution in [2.24, 2.45) is 0 Å². The first-order valence-corrected chi connectivity index (χ1v) is 8.15. The topological polar surface area (TPSA) is 29.0 Å². The number of hydrogen-bond acceptors (Lipinski definition) is 3. The predicted molar refractivity (Wildman–Crippen MR) is 90.2 cm³/mol. The lowest BCUT2D eigenvalue weighted by Crippen LogP contribution is -2.27. The third-order valence-corrected chi connectivity index (χ3v) is 4.15. The van der Waals surface area contributed by atoms with Gasteiger partial charge < -0.3 is 4.90 Å². The highest BCUT2D eigenvalue weighted by atomic mass is 79.9. The van der Waals surface area contributed by atoms with Gasteiger partial charge in [0.05, 0.1) is 0 Å². The highest BCUT2D eigenvalue weighted by Crippen LogP contribution is 2.34. The Kier molecular flexibility index (Phi) is 3.74. The molecule has 110 valence electrons. The molecule has 2 aromatic rings. The lowest BCUT2D eigenvalue weighted by Gasteiger charge is -2.31. The third kappa shape index (κ3) is 2.95. The molecule has 1 aromatic heterocycles. The first-order valence-electron chi connectivity index (χ1n) is 7.36. The van der Waals surface area contributed by atoms with Crippen molar-refractivity contribution >= 4 is 27.4 Å². The van der Waals surface area contributed by atoms with Crippen molar-refractivity contribution in [3.63, 3.8) is 0 Å². The Morgan fingerprint density at radius 3 is 2.67 bits per heavy atom. The fourth-order valence-electron chi connectivity index (χ4n) is 2.65. The van der Waals surface area contributed by atoms with Crippen LogP contribution >= 0.6 is 15.9 Å². The number of aromatic nitrogens is 2. The maximum atomic E-state index is 4.81. The summed E-state index contributed by atoms with van der Waals surface area (Å²) >= 11 is 3.53. The molecule has 0 saturated carbocycles. The van der Waals surface area contributed by atoms with E-state index in [4.69, 9.17) is 4.98 Å². The quantitative estimate of drug-likeness (QED) is 0.706. The highest BCUT2D eigenvalue weighted by Gasteiger charge is 2.23. The normalized spacial score (nSPS) is 15.0. The summed E-state index contributed by atoms with van der Waals surface area (Å²) in [6.07, 6.45) is 2.30. The van der Waals surface area contributed by atoms with Crippen molar-refractivity contribution in [3.8, 4) is 0 Å². The van der Waals surface area contributed by atoms with E-state index in [0.717, 1.165) is 35.6 Å². The number of aryl methyl sites for hydroxylation is 1. The molecule has 0 radical (unpaired) electrons. The van der Waals surface area contributed by atoms with Gasteiger partial charge in [-0.05, 0) is 40.4 Å². The van der Waals surface area contributed by atoms with Gasteiger partial charge in [-0.25, -0.2) is 9.97 Å². The number of rotatable bonds is 1. The minimum Gasteiger partial charge on any atom is -0.326 e. The van der Waals surface area contributed by atoms with Crippen LogP contribution in [0.1, 0.15) is 38.6 Å². The van der Waals surface area contributed by atoms with Crippen LogP contribution in [0.3, 0.4) is 0 Å². The van der Waals surface area contributed by atoms with Crippen molar-refractivity contribution in [1.29, 1.82) is 0 Å². The van der Waals surface area contributed by atoms with Gasteiger partial charge in [0.15, 0.2) is 0 Å². The molecule has 0 spiro atoms. The van der Waals surface area contributed by atoms with Crippen LogP contribution in [0.25, 0.3) is 0 Å². The summed E-state index contributed by atoms with van der Waals surface area (Å²) < 4.78 is 0.848. The molecule has 3 rings (SSSR count). The average Bonchev–Trinajstić information content (AvgIpc) is 2.45. The second-order valence-electron chi connectivity index (χ2n) is 6.51. The van der Waals surface area contributed by atoms with E-state index in [1.165, 1.54) is 11.3 Å². The second-order valence-corrected chi connectivity index (χ2v) is 7.32. The molecule has 0 unspecified atom stereocenters. The molecule has 1 aliphatic heterocycles. The SMILES string of the molecule is CC(C)(C)c1nc(Br)cc(N2CCCc3ccccc32)n1. The number of para-hydroxylation sites is 1. The Hall–Kier alpha value is -1.42. The van der Waals surface area contributed by atoms with Gasteiger partial charge in [0.25, 0.3) is 0 Å². The van der Waals surface area contributed by atoms with E-state index in [-0.39, 0.29) is 5.41 Å². The summed E-state index contributed by atoms with van der Waals surface area (Å²) in [7, 11) is 0. The van der Waals surface area contributed by atoms with Crippen LogP contribution in [0.15, 0.2) is 34.9 Å². The fourth-order valence-corrected chi connectivity index (χ4v) is 3.02. The van der Waals surface area contributed by atoms with Crippen LogP contribution in [0.4, 0.5) is 11.5 Å². The summed E-state index contributed by atoms with van der Waals surface area (Å²) in [5.74, 6) is 1.85. The molecule has 0 amide bonds. The summed E-state index contributed by atoms with van der Waals surface area (Å²) in [5, 5.41) is 0. The van der Waals surface area contributed by atoms with Crippen LogP contribution in [0.2, 0.25) is 0 Å². The van der Waals surface area contributed by atoms with Gasteiger partial charge in [0, 0.05) is 23.7 Å². The second kappa shape index (κ2) is 5.41. The van der Waals surface area contributed by atoms with Crippen molar-refractivity contribution in [2.75, 3.05) is 11.4 Å². The lowest BCUT2D eigenvalue weighted by atomic mass is 9.95. The highest BCUT2D eigenvalue weighted by molar-refractivity contribution is 9.10. The molecule has 1 aliphatic rings. The molecule has 1 aromatic carbocycles. The average molecular weight is 346 g/mol.